The molecule has 0 radical (unpaired) electrons. The highest BCUT2D eigenvalue weighted by Crippen LogP contribution is 2.40. The molecule has 4 heterocycles. The van der Waals surface area contributed by atoms with Gasteiger partial charge in [-0.05, 0) is 35.1 Å². The molecular formula is C15H9N3S3. The van der Waals surface area contributed by atoms with E-state index < -0.39 is 0 Å². The first-order valence-corrected chi connectivity index (χ1v) is 8.86. The maximum absolute atomic E-state index is 4.56. The van der Waals surface area contributed by atoms with Crippen LogP contribution in [0.3, 0.4) is 0 Å². The second kappa shape index (κ2) is 5.48. The van der Waals surface area contributed by atoms with Crippen LogP contribution in [0.5, 0.6) is 0 Å². The molecule has 102 valence electrons. The van der Waals surface area contributed by atoms with Gasteiger partial charge >= 0.3 is 0 Å². The maximum Gasteiger partial charge on any atom is 0.126 e. The number of nitrogens with zero attached hydrogens (tertiary/aromatic N) is 3. The zero-order valence-electron chi connectivity index (χ0n) is 10.8. The molecule has 0 bridgehead atoms. The first-order chi connectivity index (χ1) is 10.4. The molecule has 0 aliphatic rings. The fourth-order valence-corrected chi connectivity index (χ4v) is 4.16. The van der Waals surface area contributed by atoms with Gasteiger partial charge in [-0.3, -0.25) is 4.98 Å². The Morgan fingerprint density at radius 3 is 2.57 bits per heavy atom. The molecule has 6 heteroatoms. The lowest BCUT2D eigenvalue weighted by atomic mass is 10.0. The summed E-state index contributed by atoms with van der Waals surface area (Å²) in [6, 6.07) is 8.25. The number of thiazole rings is 1. The van der Waals surface area contributed by atoms with Crippen LogP contribution in [0.1, 0.15) is 0 Å². The average molecular weight is 327 g/mol. The van der Waals surface area contributed by atoms with Gasteiger partial charge in [-0.2, -0.15) is 4.37 Å². The second-order valence-corrected chi connectivity index (χ2v) is 6.79. The van der Waals surface area contributed by atoms with Crippen molar-refractivity contribution in [2.45, 2.75) is 0 Å². The molecular weight excluding hydrogens is 318 g/mol. The summed E-state index contributed by atoms with van der Waals surface area (Å²) in [5.74, 6) is 0. The van der Waals surface area contributed by atoms with Crippen molar-refractivity contribution in [2.75, 3.05) is 0 Å². The van der Waals surface area contributed by atoms with Crippen molar-refractivity contribution in [2.24, 2.45) is 0 Å². The molecule has 0 N–H and O–H groups in total. The Balaban J connectivity index is 2.03. The molecule has 0 amide bonds. The lowest BCUT2D eigenvalue weighted by molar-refractivity contribution is 1.29. The number of aromatic nitrogens is 3. The lowest BCUT2D eigenvalue weighted by Gasteiger charge is -2.09. The first-order valence-electron chi connectivity index (χ1n) is 6.27. The van der Waals surface area contributed by atoms with E-state index in [2.05, 4.69) is 37.9 Å². The highest BCUT2D eigenvalue weighted by Gasteiger charge is 2.18. The average Bonchev–Trinajstić information content (AvgIpc) is 3.28. The minimum atomic E-state index is 0.900. The Labute approximate surface area is 133 Å². The Morgan fingerprint density at radius 1 is 0.857 bits per heavy atom. The number of hydrogen-bond acceptors (Lipinski definition) is 6. The van der Waals surface area contributed by atoms with Crippen LogP contribution in [0.2, 0.25) is 0 Å². The smallest absolute Gasteiger partial charge is 0.126 e. The standard InChI is InChI=1S/C15H9N3S3/c1-2-12(19-7-1)10-3-5-16-14(11-4-8-21-18-11)13(10)15-17-6-9-20-15/h1-9H. The van der Waals surface area contributed by atoms with E-state index in [9.17, 15) is 0 Å². The summed E-state index contributed by atoms with van der Waals surface area (Å²) in [6.07, 6.45) is 3.68. The van der Waals surface area contributed by atoms with Crippen LogP contribution in [-0.4, -0.2) is 14.3 Å². The number of hydrogen-bond donors (Lipinski definition) is 0. The van der Waals surface area contributed by atoms with Crippen molar-refractivity contribution >= 4 is 34.2 Å². The van der Waals surface area contributed by atoms with Crippen molar-refractivity contribution in [3.8, 4) is 32.4 Å². The minimum Gasteiger partial charge on any atom is -0.254 e. The second-order valence-electron chi connectivity index (χ2n) is 4.28. The van der Waals surface area contributed by atoms with Crippen molar-refractivity contribution < 1.29 is 0 Å². The molecule has 0 fully saturated rings. The van der Waals surface area contributed by atoms with Crippen LogP contribution in [0.25, 0.3) is 32.4 Å². The van der Waals surface area contributed by atoms with Gasteiger partial charge in [-0.25, -0.2) is 4.98 Å². The van der Waals surface area contributed by atoms with Crippen LogP contribution in [0.4, 0.5) is 0 Å². The SMILES string of the molecule is c1csc(-c2ccnc(-c3ccsn3)c2-c2nccs2)c1. The highest BCUT2D eigenvalue weighted by molar-refractivity contribution is 7.14. The molecule has 4 rings (SSSR count). The van der Waals surface area contributed by atoms with E-state index in [1.165, 1.54) is 16.4 Å². The molecule has 0 aliphatic heterocycles. The molecule has 0 aliphatic carbocycles. The van der Waals surface area contributed by atoms with E-state index in [1.54, 1.807) is 22.7 Å². The predicted molar refractivity (Wildman–Crippen MR) is 89.8 cm³/mol. The third kappa shape index (κ3) is 2.31. The maximum atomic E-state index is 4.56. The first kappa shape index (κ1) is 12.8. The van der Waals surface area contributed by atoms with E-state index >= 15 is 0 Å². The molecule has 0 saturated heterocycles. The number of pyridine rings is 1. The summed E-state index contributed by atoms with van der Waals surface area (Å²) in [4.78, 5) is 10.3. The van der Waals surface area contributed by atoms with Gasteiger partial charge in [0.25, 0.3) is 0 Å². The molecule has 3 nitrogen and oxygen atoms in total. The summed E-state index contributed by atoms with van der Waals surface area (Å²) in [5, 5.41) is 7.03. The summed E-state index contributed by atoms with van der Waals surface area (Å²) < 4.78 is 4.44. The fraction of sp³-hybridized carbons (Fsp3) is 0. The van der Waals surface area contributed by atoms with Crippen molar-refractivity contribution in [3.05, 3.63) is 52.8 Å². The van der Waals surface area contributed by atoms with Gasteiger partial charge in [0.05, 0.1) is 0 Å². The Hall–Kier alpha value is -1.89. The van der Waals surface area contributed by atoms with Gasteiger partial charge in [0.1, 0.15) is 16.4 Å². The summed E-state index contributed by atoms with van der Waals surface area (Å²) in [7, 11) is 0. The topological polar surface area (TPSA) is 38.7 Å². The summed E-state index contributed by atoms with van der Waals surface area (Å²) in [6.45, 7) is 0. The van der Waals surface area contributed by atoms with Crippen LogP contribution >= 0.6 is 34.2 Å². The van der Waals surface area contributed by atoms with Gasteiger partial charge in [0, 0.05) is 39.2 Å². The fourth-order valence-electron chi connectivity index (χ4n) is 2.19. The predicted octanol–water partition coefficient (Wildman–Crippen LogP) is 5.06. The molecule has 0 aromatic carbocycles. The summed E-state index contributed by atoms with van der Waals surface area (Å²) >= 11 is 4.79. The highest BCUT2D eigenvalue weighted by atomic mass is 32.1. The van der Waals surface area contributed by atoms with Crippen LogP contribution in [0.15, 0.2) is 52.8 Å². The molecule has 4 aromatic heterocycles. The minimum absolute atomic E-state index is 0.900. The Bertz CT molecular complexity index is 782. The third-order valence-electron chi connectivity index (χ3n) is 3.06. The van der Waals surface area contributed by atoms with E-state index in [0.29, 0.717) is 0 Å². The number of thiophene rings is 1. The third-order valence-corrected chi connectivity index (χ3v) is 5.32. The zero-order valence-corrected chi connectivity index (χ0v) is 13.2. The molecule has 0 unspecified atom stereocenters. The number of rotatable bonds is 3. The molecule has 0 atom stereocenters. The van der Waals surface area contributed by atoms with E-state index in [0.717, 1.165) is 27.5 Å². The summed E-state index contributed by atoms with van der Waals surface area (Å²) in [5.41, 5.74) is 4.04. The van der Waals surface area contributed by atoms with Crippen LogP contribution < -0.4 is 0 Å². The zero-order chi connectivity index (χ0) is 14.1. The van der Waals surface area contributed by atoms with E-state index in [4.69, 9.17) is 0 Å². The van der Waals surface area contributed by atoms with Gasteiger partial charge in [-0.1, -0.05) is 6.07 Å². The normalized spacial score (nSPS) is 10.9. The Kier molecular flexibility index (Phi) is 3.34. The van der Waals surface area contributed by atoms with Gasteiger partial charge in [0.2, 0.25) is 0 Å². The van der Waals surface area contributed by atoms with E-state index in [-0.39, 0.29) is 0 Å². The Morgan fingerprint density at radius 2 is 1.86 bits per heavy atom. The van der Waals surface area contributed by atoms with Crippen molar-refractivity contribution in [1.82, 2.24) is 14.3 Å². The van der Waals surface area contributed by atoms with Crippen LogP contribution in [-0.2, 0) is 0 Å². The largest absolute Gasteiger partial charge is 0.254 e. The molecule has 0 saturated carbocycles. The van der Waals surface area contributed by atoms with Crippen LogP contribution in [0, 0.1) is 0 Å². The quantitative estimate of drug-likeness (QED) is 0.528. The van der Waals surface area contributed by atoms with Gasteiger partial charge in [-0.15, -0.1) is 22.7 Å². The molecule has 21 heavy (non-hydrogen) atoms. The van der Waals surface area contributed by atoms with Crippen molar-refractivity contribution in [3.63, 3.8) is 0 Å². The van der Waals surface area contributed by atoms with Gasteiger partial charge < -0.3 is 0 Å². The van der Waals surface area contributed by atoms with Crippen molar-refractivity contribution in [1.29, 1.82) is 0 Å². The molecule has 4 aromatic rings. The molecule has 0 spiro atoms. The lowest BCUT2D eigenvalue weighted by Crippen LogP contribution is -1.92. The van der Waals surface area contributed by atoms with Gasteiger partial charge in [0.15, 0.2) is 0 Å². The monoisotopic (exact) mass is 327 g/mol. The van der Waals surface area contributed by atoms with E-state index in [1.807, 2.05) is 29.2 Å².